The van der Waals surface area contributed by atoms with Crippen molar-refractivity contribution in [3.8, 4) is 0 Å². The Balaban J connectivity index is 2.40. The average Bonchev–Trinajstić information content (AvgIpc) is 2.36. The summed E-state index contributed by atoms with van der Waals surface area (Å²) < 4.78 is 10.5. The highest BCUT2D eigenvalue weighted by molar-refractivity contribution is 6.11. The maximum absolute atomic E-state index is 11.1. The third-order valence-corrected chi connectivity index (χ3v) is 2.56. The molecule has 0 bridgehead atoms. The number of nitrogens with two attached hydrogens (primary N) is 2. The number of morpholine rings is 1. The molecule has 0 unspecified atom stereocenters. The van der Waals surface area contributed by atoms with Crippen LogP contribution in [-0.2, 0) is 14.3 Å². The minimum Gasteiger partial charge on any atom is -0.477 e. The summed E-state index contributed by atoms with van der Waals surface area (Å²) in [5, 5.41) is 0. The molecule has 0 atom stereocenters. The number of aliphatic imine (C=N–C) groups is 1. The van der Waals surface area contributed by atoms with Crippen molar-refractivity contribution >= 4 is 12.1 Å². The van der Waals surface area contributed by atoms with Gasteiger partial charge in [-0.1, -0.05) is 0 Å². The first kappa shape index (κ1) is 14.5. The van der Waals surface area contributed by atoms with Crippen molar-refractivity contribution in [2.45, 2.75) is 0 Å². The average molecular weight is 256 g/mol. The van der Waals surface area contributed by atoms with Gasteiger partial charge in [0.1, 0.15) is 12.2 Å². The summed E-state index contributed by atoms with van der Waals surface area (Å²) in [6, 6.07) is 0. The molecule has 7 nitrogen and oxygen atoms in total. The van der Waals surface area contributed by atoms with Crippen LogP contribution in [0.4, 0.5) is 0 Å². The second-order valence-electron chi connectivity index (χ2n) is 3.83. The molecule has 0 aromatic heterocycles. The molecule has 102 valence electrons. The quantitative estimate of drug-likeness (QED) is 0.349. The molecule has 18 heavy (non-hydrogen) atoms. The zero-order valence-electron chi connectivity index (χ0n) is 10.6. The molecule has 1 amide bonds. The zero-order valence-corrected chi connectivity index (χ0v) is 10.6. The Morgan fingerprint density at radius 2 is 2.11 bits per heavy atom. The summed E-state index contributed by atoms with van der Waals surface area (Å²) in [6.07, 6.45) is 1.30. The Labute approximate surface area is 106 Å². The van der Waals surface area contributed by atoms with Crippen LogP contribution in [0.2, 0.25) is 0 Å². The van der Waals surface area contributed by atoms with E-state index < -0.39 is 5.91 Å². The fraction of sp³-hybridized carbons (Fsp3) is 0.636. The number of carbonyl (C=O) groups excluding carboxylic acids is 1. The van der Waals surface area contributed by atoms with E-state index in [9.17, 15) is 4.79 Å². The highest BCUT2D eigenvalue weighted by Gasteiger charge is 2.12. The lowest BCUT2D eigenvalue weighted by molar-refractivity contribution is -0.114. The molecule has 1 heterocycles. The van der Waals surface area contributed by atoms with Crippen LogP contribution in [0.15, 0.2) is 16.4 Å². The van der Waals surface area contributed by atoms with E-state index in [0.717, 1.165) is 32.8 Å². The molecule has 7 heteroatoms. The van der Waals surface area contributed by atoms with E-state index in [-0.39, 0.29) is 11.5 Å². The van der Waals surface area contributed by atoms with Gasteiger partial charge in [-0.25, -0.2) is 0 Å². The van der Waals surface area contributed by atoms with Crippen LogP contribution in [0.5, 0.6) is 0 Å². The molecular formula is C11H20N4O3. The van der Waals surface area contributed by atoms with Crippen LogP contribution < -0.4 is 11.5 Å². The molecular weight excluding hydrogens is 236 g/mol. The van der Waals surface area contributed by atoms with Gasteiger partial charge >= 0.3 is 0 Å². The molecule has 1 aliphatic heterocycles. The van der Waals surface area contributed by atoms with Crippen molar-refractivity contribution in [1.29, 1.82) is 0 Å². The van der Waals surface area contributed by atoms with Crippen molar-refractivity contribution in [1.82, 2.24) is 4.90 Å². The molecule has 0 aliphatic carbocycles. The van der Waals surface area contributed by atoms with Gasteiger partial charge in [-0.2, -0.15) is 0 Å². The predicted molar refractivity (Wildman–Crippen MR) is 68.0 cm³/mol. The molecule has 0 aromatic carbocycles. The van der Waals surface area contributed by atoms with Gasteiger partial charge in [0, 0.05) is 32.9 Å². The molecule has 4 N–H and O–H groups in total. The van der Waals surface area contributed by atoms with E-state index in [2.05, 4.69) is 9.89 Å². The Hall–Kier alpha value is -1.60. The number of primary amides is 1. The smallest absolute Gasteiger partial charge is 0.255 e. The first-order chi connectivity index (χ1) is 8.65. The highest BCUT2D eigenvalue weighted by Crippen LogP contribution is 2.00. The number of nitrogens with zero attached hydrogens (tertiary/aromatic N) is 2. The van der Waals surface area contributed by atoms with Crippen LogP contribution in [0, 0.1) is 0 Å². The van der Waals surface area contributed by atoms with Crippen molar-refractivity contribution in [3.05, 3.63) is 11.5 Å². The normalized spacial score (nSPS) is 18.7. The number of amides is 1. The maximum atomic E-state index is 11.1. The maximum Gasteiger partial charge on any atom is 0.255 e. The monoisotopic (exact) mass is 256 g/mol. The summed E-state index contributed by atoms with van der Waals surface area (Å²) >= 11 is 0. The highest BCUT2D eigenvalue weighted by atomic mass is 16.5. The van der Waals surface area contributed by atoms with E-state index in [1.54, 1.807) is 0 Å². The third-order valence-electron chi connectivity index (χ3n) is 2.56. The Kier molecular flexibility index (Phi) is 6.16. The number of carbonyl (C=O) groups is 1. The fourth-order valence-corrected chi connectivity index (χ4v) is 1.56. The SMILES string of the molecule is CN=C/C(C(N)=O)=C(\N)OCCN1CCOCC1. The summed E-state index contributed by atoms with van der Waals surface area (Å²) in [5.74, 6) is -0.633. The standard InChI is InChI=1S/C11H20N4O3/c1-14-8-9(10(12)16)11(13)18-7-4-15-2-5-17-6-3-15/h8H,2-7,13H2,1H3,(H2,12,16)/b11-9-,14-8?. The minimum atomic E-state index is -0.649. The summed E-state index contributed by atoms with van der Waals surface area (Å²) in [5.41, 5.74) is 10.9. The molecule has 0 spiro atoms. The van der Waals surface area contributed by atoms with Gasteiger partial charge in [-0.15, -0.1) is 0 Å². The van der Waals surface area contributed by atoms with Gasteiger partial charge in [0.25, 0.3) is 5.91 Å². The zero-order chi connectivity index (χ0) is 13.4. The molecule has 1 saturated heterocycles. The second kappa shape index (κ2) is 7.67. The summed E-state index contributed by atoms with van der Waals surface area (Å²) in [4.78, 5) is 17.0. The molecule has 0 saturated carbocycles. The second-order valence-corrected chi connectivity index (χ2v) is 3.83. The van der Waals surface area contributed by atoms with E-state index in [1.165, 1.54) is 13.3 Å². The minimum absolute atomic E-state index is 0.0151. The number of hydrogen-bond acceptors (Lipinski definition) is 6. The fourth-order valence-electron chi connectivity index (χ4n) is 1.56. The Morgan fingerprint density at radius 3 is 2.67 bits per heavy atom. The van der Waals surface area contributed by atoms with E-state index >= 15 is 0 Å². The van der Waals surface area contributed by atoms with Gasteiger partial charge < -0.3 is 20.9 Å². The Bertz CT molecular complexity index is 335. The lowest BCUT2D eigenvalue weighted by atomic mass is 10.3. The number of ether oxygens (including phenoxy) is 2. The largest absolute Gasteiger partial charge is 0.477 e. The first-order valence-electron chi connectivity index (χ1n) is 5.79. The molecule has 1 rings (SSSR count). The molecule has 1 aliphatic rings. The van der Waals surface area contributed by atoms with Crippen molar-refractivity contribution in [2.24, 2.45) is 16.5 Å². The Morgan fingerprint density at radius 1 is 1.44 bits per heavy atom. The summed E-state index contributed by atoms with van der Waals surface area (Å²) in [6.45, 7) is 4.37. The van der Waals surface area contributed by atoms with Crippen LogP contribution >= 0.6 is 0 Å². The van der Waals surface area contributed by atoms with E-state index in [4.69, 9.17) is 20.9 Å². The molecule has 0 aromatic rings. The lowest BCUT2D eigenvalue weighted by Gasteiger charge is -2.26. The first-order valence-corrected chi connectivity index (χ1v) is 5.79. The van der Waals surface area contributed by atoms with Gasteiger partial charge in [0.05, 0.1) is 13.2 Å². The molecule has 0 radical (unpaired) electrons. The van der Waals surface area contributed by atoms with E-state index in [1.807, 2.05) is 0 Å². The van der Waals surface area contributed by atoms with E-state index in [0.29, 0.717) is 6.61 Å². The van der Waals surface area contributed by atoms with Crippen molar-refractivity contribution in [2.75, 3.05) is 46.5 Å². The lowest BCUT2D eigenvalue weighted by Crippen LogP contribution is -2.38. The van der Waals surface area contributed by atoms with Gasteiger partial charge in [0.15, 0.2) is 5.88 Å². The predicted octanol–water partition coefficient (Wildman–Crippen LogP) is -1.31. The van der Waals surface area contributed by atoms with Gasteiger partial charge in [-0.05, 0) is 0 Å². The topological polar surface area (TPSA) is 103 Å². The number of rotatable bonds is 6. The number of hydrogen-bond donors (Lipinski definition) is 2. The molecule has 1 fully saturated rings. The van der Waals surface area contributed by atoms with Crippen LogP contribution in [0.1, 0.15) is 0 Å². The van der Waals surface area contributed by atoms with Crippen molar-refractivity contribution < 1.29 is 14.3 Å². The van der Waals surface area contributed by atoms with Crippen LogP contribution in [-0.4, -0.2) is 63.5 Å². The summed E-state index contributed by atoms with van der Waals surface area (Å²) in [7, 11) is 1.53. The van der Waals surface area contributed by atoms with Crippen LogP contribution in [0.3, 0.4) is 0 Å². The van der Waals surface area contributed by atoms with Crippen molar-refractivity contribution in [3.63, 3.8) is 0 Å². The third kappa shape index (κ3) is 4.72. The van der Waals surface area contributed by atoms with Crippen LogP contribution in [0.25, 0.3) is 0 Å². The van der Waals surface area contributed by atoms with Gasteiger partial charge in [-0.3, -0.25) is 14.7 Å². The van der Waals surface area contributed by atoms with Gasteiger partial charge in [0.2, 0.25) is 0 Å².